The van der Waals surface area contributed by atoms with Gasteiger partial charge in [0, 0.05) is 41.7 Å². The fourth-order valence-electron chi connectivity index (χ4n) is 4.71. The summed E-state index contributed by atoms with van der Waals surface area (Å²) in [4.78, 5) is 36.3. The van der Waals surface area contributed by atoms with Crippen LogP contribution in [0.15, 0.2) is 85.2 Å². The first-order valence-corrected chi connectivity index (χ1v) is 12.5. The van der Waals surface area contributed by atoms with Gasteiger partial charge in [-0.1, -0.05) is 55.5 Å². The zero-order valence-corrected chi connectivity index (χ0v) is 20.9. The molecule has 0 bridgehead atoms. The molecular weight excluding hydrogens is 462 g/mol. The van der Waals surface area contributed by atoms with E-state index in [0.717, 1.165) is 40.2 Å². The van der Waals surface area contributed by atoms with Gasteiger partial charge in [0.05, 0.1) is 11.6 Å². The molecule has 3 aromatic carbocycles. The van der Waals surface area contributed by atoms with Crippen molar-refractivity contribution < 1.29 is 9.59 Å². The smallest absolute Gasteiger partial charge is 0.229 e. The molecule has 1 aromatic heterocycles. The Morgan fingerprint density at radius 1 is 0.973 bits per heavy atom. The molecule has 1 saturated heterocycles. The van der Waals surface area contributed by atoms with Gasteiger partial charge in [-0.3, -0.25) is 9.59 Å². The monoisotopic (exact) mass is 491 g/mol. The maximum atomic E-state index is 13.0. The summed E-state index contributed by atoms with van der Waals surface area (Å²) >= 11 is 0. The first-order valence-electron chi connectivity index (χ1n) is 12.5. The van der Waals surface area contributed by atoms with Gasteiger partial charge in [0.15, 0.2) is 0 Å². The third-order valence-corrected chi connectivity index (χ3v) is 6.63. The van der Waals surface area contributed by atoms with E-state index in [9.17, 15) is 9.59 Å². The lowest BCUT2D eigenvalue weighted by Gasteiger charge is -2.22. The quantitative estimate of drug-likeness (QED) is 0.344. The van der Waals surface area contributed by atoms with Crippen LogP contribution in [0.4, 0.5) is 22.9 Å². The predicted octanol–water partition coefficient (Wildman–Crippen LogP) is 5.75. The molecule has 0 saturated carbocycles. The van der Waals surface area contributed by atoms with Gasteiger partial charge < -0.3 is 15.5 Å². The minimum absolute atomic E-state index is 0.0107. The number of benzene rings is 3. The van der Waals surface area contributed by atoms with Crippen molar-refractivity contribution >= 4 is 34.7 Å². The largest absolute Gasteiger partial charge is 0.340 e. The Morgan fingerprint density at radius 3 is 2.49 bits per heavy atom. The molecule has 2 heterocycles. The summed E-state index contributed by atoms with van der Waals surface area (Å²) in [7, 11) is 0. The number of nitrogens with one attached hydrogen (secondary N) is 2. The van der Waals surface area contributed by atoms with Gasteiger partial charge in [-0.25, -0.2) is 9.97 Å². The minimum atomic E-state index is -0.396. The van der Waals surface area contributed by atoms with Gasteiger partial charge in [0.25, 0.3) is 0 Å². The molecule has 186 valence electrons. The molecule has 1 aliphatic heterocycles. The lowest BCUT2D eigenvalue weighted by atomic mass is 10.0. The number of nitrogens with zero attached hydrogens (tertiary/aromatic N) is 3. The molecule has 7 heteroatoms. The van der Waals surface area contributed by atoms with Crippen molar-refractivity contribution in [1.29, 1.82) is 0 Å². The van der Waals surface area contributed by atoms with Gasteiger partial charge in [-0.2, -0.15) is 0 Å². The van der Waals surface area contributed by atoms with Crippen molar-refractivity contribution in [2.24, 2.45) is 5.92 Å². The van der Waals surface area contributed by atoms with E-state index < -0.39 is 5.92 Å². The van der Waals surface area contributed by atoms with Gasteiger partial charge in [0.2, 0.25) is 11.8 Å². The maximum absolute atomic E-state index is 13.0. The highest BCUT2D eigenvalue weighted by molar-refractivity contribution is 6.04. The lowest BCUT2D eigenvalue weighted by molar-refractivity contribution is -0.122. The van der Waals surface area contributed by atoms with E-state index in [-0.39, 0.29) is 18.2 Å². The van der Waals surface area contributed by atoms with E-state index >= 15 is 0 Å². The zero-order valence-electron chi connectivity index (χ0n) is 20.9. The van der Waals surface area contributed by atoms with Crippen molar-refractivity contribution in [3.8, 4) is 11.3 Å². The first kappa shape index (κ1) is 24.2. The standard InChI is InChI=1S/C30H29N5O2/c1-3-21-11-7-8-20(2)29(21)35-18-23(16-28(35)36)30(37)34-25-14-12-24(13-15-25)33-27-17-26(31-19-32-27)22-9-5-4-6-10-22/h4-15,17,19,23H,3,16,18H2,1-2H3,(H,34,37)(H,31,32,33). The molecular formula is C30H29N5O2. The van der Waals surface area contributed by atoms with E-state index in [1.807, 2.05) is 85.8 Å². The Bertz CT molecular complexity index is 1420. The number of aromatic nitrogens is 2. The van der Waals surface area contributed by atoms with Crippen LogP contribution in [-0.4, -0.2) is 28.3 Å². The van der Waals surface area contributed by atoms with Crippen molar-refractivity contribution in [2.45, 2.75) is 26.7 Å². The van der Waals surface area contributed by atoms with E-state index in [2.05, 4.69) is 27.5 Å². The Labute approximate surface area is 216 Å². The molecule has 2 amide bonds. The summed E-state index contributed by atoms with van der Waals surface area (Å²) in [5.41, 5.74) is 6.49. The van der Waals surface area contributed by atoms with E-state index in [0.29, 0.717) is 18.1 Å². The summed E-state index contributed by atoms with van der Waals surface area (Å²) in [5, 5.41) is 6.25. The highest BCUT2D eigenvalue weighted by Crippen LogP contribution is 2.32. The average molecular weight is 492 g/mol. The maximum Gasteiger partial charge on any atom is 0.229 e. The topological polar surface area (TPSA) is 87.2 Å². The third-order valence-electron chi connectivity index (χ3n) is 6.63. The van der Waals surface area contributed by atoms with Crippen LogP contribution in [0, 0.1) is 12.8 Å². The summed E-state index contributed by atoms with van der Waals surface area (Å²) in [6.07, 6.45) is 2.58. The van der Waals surface area contributed by atoms with Crippen LogP contribution in [0.25, 0.3) is 11.3 Å². The molecule has 0 radical (unpaired) electrons. The van der Waals surface area contributed by atoms with Gasteiger partial charge >= 0.3 is 0 Å². The molecule has 1 unspecified atom stereocenters. The number of rotatable bonds is 7. The fourth-order valence-corrected chi connectivity index (χ4v) is 4.71. The number of amides is 2. The molecule has 1 aliphatic rings. The molecule has 0 aliphatic carbocycles. The van der Waals surface area contributed by atoms with E-state index in [1.165, 1.54) is 6.33 Å². The van der Waals surface area contributed by atoms with Crippen LogP contribution in [-0.2, 0) is 16.0 Å². The Kier molecular flexibility index (Phi) is 6.94. The van der Waals surface area contributed by atoms with Crippen molar-refractivity contribution in [1.82, 2.24) is 9.97 Å². The third kappa shape index (κ3) is 5.35. The first-order chi connectivity index (χ1) is 18.0. The van der Waals surface area contributed by atoms with Crippen LogP contribution >= 0.6 is 0 Å². The molecule has 4 aromatic rings. The second-order valence-electron chi connectivity index (χ2n) is 9.19. The van der Waals surface area contributed by atoms with Crippen LogP contribution < -0.4 is 15.5 Å². The van der Waals surface area contributed by atoms with Crippen LogP contribution in [0.2, 0.25) is 0 Å². The highest BCUT2D eigenvalue weighted by Gasteiger charge is 2.36. The fraction of sp³-hybridized carbons (Fsp3) is 0.200. The second kappa shape index (κ2) is 10.6. The number of para-hydroxylation sites is 1. The van der Waals surface area contributed by atoms with Crippen LogP contribution in [0.1, 0.15) is 24.5 Å². The lowest BCUT2D eigenvalue weighted by Crippen LogP contribution is -2.29. The summed E-state index contributed by atoms with van der Waals surface area (Å²) < 4.78 is 0. The molecule has 0 spiro atoms. The second-order valence-corrected chi connectivity index (χ2v) is 9.19. The van der Waals surface area contributed by atoms with Crippen LogP contribution in [0.5, 0.6) is 0 Å². The Morgan fingerprint density at radius 2 is 1.73 bits per heavy atom. The highest BCUT2D eigenvalue weighted by atomic mass is 16.2. The van der Waals surface area contributed by atoms with Gasteiger partial charge in [-0.05, 0) is 48.7 Å². The molecule has 37 heavy (non-hydrogen) atoms. The summed E-state index contributed by atoms with van der Waals surface area (Å²) in [6.45, 7) is 4.48. The zero-order chi connectivity index (χ0) is 25.8. The van der Waals surface area contributed by atoms with E-state index in [1.54, 1.807) is 4.90 Å². The van der Waals surface area contributed by atoms with Crippen molar-refractivity contribution in [3.05, 3.63) is 96.3 Å². The van der Waals surface area contributed by atoms with Gasteiger partial charge in [-0.15, -0.1) is 0 Å². The summed E-state index contributed by atoms with van der Waals surface area (Å²) in [6, 6.07) is 25.3. The number of carbonyl (C=O) groups is 2. The predicted molar refractivity (Wildman–Crippen MR) is 147 cm³/mol. The number of aryl methyl sites for hydroxylation is 2. The number of carbonyl (C=O) groups excluding carboxylic acids is 2. The Balaban J connectivity index is 1.22. The van der Waals surface area contributed by atoms with Gasteiger partial charge in [0.1, 0.15) is 12.1 Å². The van der Waals surface area contributed by atoms with E-state index in [4.69, 9.17) is 0 Å². The summed E-state index contributed by atoms with van der Waals surface area (Å²) in [5.74, 6) is 0.125. The normalized spacial score (nSPS) is 15.0. The number of hydrogen-bond donors (Lipinski definition) is 2. The number of hydrogen-bond acceptors (Lipinski definition) is 5. The van der Waals surface area contributed by atoms with Crippen molar-refractivity contribution in [3.63, 3.8) is 0 Å². The number of anilines is 4. The average Bonchev–Trinajstić information content (AvgIpc) is 3.31. The Hall–Kier alpha value is -4.52. The molecule has 2 N–H and O–H groups in total. The minimum Gasteiger partial charge on any atom is -0.340 e. The van der Waals surface area contributed by atoms with Crippen molar-refractivity contribution in [2.75, 3.05) is 22.1 Å². The molecule has 1 atom stereocenters. The molecule has 7 nitrogen and oxygen atoms in total. The SMILES string of the molecule is CCc1cccc(C)c1N1CC(C(=O)Nc2ccc(Nc3cc(-c4ccccc4)ncn3)cc2)CC1=O. The molecule has 5 rings (SSSR count). The van der Waals surface area contributed by atoms with Crippen LogP contribution in [0.3, 0.4) is 0 Å². The molecule has 1 fully saturated rings.